The van der Waals surface area contributed by atoms with Crippen LogP contribution in [0.25, 0.3) is 0 Å². The normalized spacial score (nSPS) is 29.1. The van der Waals surface area contributed by atoms with Gasteiger partial charge in [0.2, 0.25) is 0 Å². The van der Waals surface area contributed by atoms with Crippen LogP contribution < -0.4 is 0 Å². The van der Waals surface area contributed by atoms with Gasteiger partial charge in [-0.2, -0.15) is 0 Å². The molecular weight excluding hydrogens is 184 g/mol. The highest BCUT2D eigenvalue weighted by molar-refractivity contribution is 5.78. The summed E-state index contributed by atoms with van der Waals surface area (Å²) in [5.74, 6) is 2.85. The molecule has 1 rings (SSSR count). The molecule has 1 unspecified atom stereocenters. The van der Waals surface area contributed by atoms with Gasteiger partial charge in [0.1, 0.15) is 5.78 Å². The predicted molar refractivity (Wildman–Crippen MR) is 64.7 cm³/mol. The van der Waals surface area contributed by atoms with Crippen molar-refractivity contribution in [2.24, 2.45) is 23.7 Å². The first kappa shape index (κ1) is 12.7. The first-order valence-corrected chi connectivity index (χ1v) is 6.56. The Morgan fingerprint density at radius 2 is 1.73 bits per heavy atom. The molecule has 0 N–H and O–H groups in total. The van der Waals surface area contributed by atoms with Crippen LogP contribution in [0.15, 0.2) is 0 Å². The van der Waals surface area contributed by atoms with E-state index in [-0.39, 0.29) is 0 Å². The Balaban J connectivity index is 2.53. The van der Waals surface area contributed by atoms with Crippen LogP contribution in [-0.2, 0) is 4.79 Å². The molecule has 0 radical (unpaired) electrons. The average molecular weight is 210 g/mol. The first-order valence-electron chi connectivity index (χ1n) is 6.56. The monoisotopic (exact) mass is 210 g/mol. The molecule has 1 saturated carbocycles. The van der Waals surface area contributed by atoms with Crippen molar-refractivity contribution >= 4 is 5.78 Å². The lowest BCUT2D eigenvalue weighted by molar-refractivity contribution is -0.124. The zero-order valence-corrected chi connectivity index (χ0v) is 10.8. The van der Waals surface area contributed by atoms with Crippen LogP contribution >= 0.6 is 0 Å². The summed E-state index contributed by atoms with van der Waals surface area (Å²) in [5, 5.41) is 0. The number of hydrogen-bond donors (Lipinski definition) is 0. The average Bonchev–Trinajstić information content (AvgIpc) is 2.18. The second-order valence-corrected chi connectivity index (χ2v) is 5.57. The summed E-state index contributed by atoms with van der Waals surface area (Å²) in [4.78, 5) is 11.6. The molecule has 88 valence electrons. The standard InChI is InChI=1S/C14H26O/c1-5-12-6-8-13(9-7-12)14(10(2)3)11(4)15/h10,12-14H,5-9H2,1-4H3. The maximum atomic E-state index is 11.6. The van der Waals surface area contributed by atoms with Crippen molar-refractivity contribution in [2.75, 3.05) is 0 Å². The fourth-order valence-electron chi connectivity index (χ4n) is 3.30. The Bertz CT molecular complexity index is 199. The number of carbonyl (C=O) groups is 1. The third-order valence-corrected chi connectivity index (χ3v) is 4.16. The SMILES string of the molecule is CCC1CCC(C(C(C)=O)C(C)C)CC1. The summed E-state index contributed by atoms with van der Waals surface area (Å²) in [6.07, 6.45) is 6.57. The Kier molecular flexibility index (Phi) is 4.82. The second-order valence-electron chi connectivity index (χ2n) is 5.57. The zero-order chi connectivity index (χ0) is 11.4. The molecule has 0 aliphatic heterocycles. The Labute approximate surface area is 94.6 Å². The second kappa shape index (κ2) is 5.67. The number of carbonyl (C=O) groups excluding carboxylic acids is 1. The molecule has 0 aromatic rings. The topological polar surface area (TPSA) is 17.1 Å². The Hall–Kier alpha value is -0.330. The summed E-state index contributed by atoms with van der Waals surface area (Å²) in [6.45, 7) is 8.45. The summed E-state index contributed by atoms with van der Waals surface area (Å²) in [7, 11) is 0. The van der Waals surface area contributed by atoms with Crippen LogP contribution in [0, 0.1) is 23.7 Å². The van der Waals surface area contributed by atoms with Crippen molar-refractivity contribution in [3.8, 4) is 0 Å². The molecule has 1 atom stereocenters. The lowest BCUT2D eigenvalue weighted by atomic mass is 9.70. The van der Waals surface area contributed by atoms with E-state index >= 15 is 0 Å². The lowest BCUT2D eigenvalue weighted by Crippen LogP contribution is -2.30. The van der Waals surface area contributed by atoms with Gasteiger partial charge in [-0.05, 0) is 37.5 Å². The Morgan fingerprint density at radius 1 is 1.20 bits per heavy atom. The van der Waals surface area contributed by atoms with E-state index in [2.05, 4.69) is 20.8 Å². The minimum atomic E-state index is 0.322. The van der Waals surface area contributed by atoms with Gasteiger partial charge >= 0.3 is 0 Å². The van der Waals surface area contributed by atoms with Crippen LogP contribution in [0.5, 0.6) is 0 Å². The third-order valence-electron chi connectivity index (χ3n) is 4.16. The molecule has 1 nitrogen and oxygen atoms in total. The summed E-state index contributed by atoms with van der Waals surface area (Å²) < 4.78 is 0. The molecule has 0 amide bonds. The van der Waals surface area contributed by atoms with E-state index < -0.39 is 0 Å². The number of rotatable bonds is 4. The van der Waals surface area contributed by atoms with Crippen LogP contribution in [0.2, 0.25) is 0 Å². The Morgan fingerprint density at radius 3 is 2.07 bits per heavy atom. The summed E-state index contributed by atoms with van der Waals surface area (Å²) >= 11 is 0. The highest BCUT2D eigenvalue weighted by atomic mass is 16.1. The summed E-state index contributed by atoms with van der Waals surface area (Å²) in [5.41, 5.74) is 0. The van der Waals surface area contributed by atoms with Crippen LogP contribution in [-0.4, -0.2) is 5.78 Å². The molecule has 0 saturated heterocycles. The molecule has 1 aliphatic carbocycles. The van der Waals surface area contributed by atoms with Gasteiger partial charge in [0, 0.05) is 5.92 Å². The summed E-state index contributed by atoms with van der Waals surface area (Å²) in [6, 6.07) is 0. The van der Waals surface area contributed by atoms with E-state index in [0.717, 1.165) is 5.92 Å². The van der Waals surface area contributed by atoms with Crippen molar-refractivity contribution in [3.63, 3.8) is 0 Å². The molecule has 0 heterocycles. The number of hydrogen-bond acceptors (Lipinski definition) is 1. The van der Waals surface area contributed by atoms with Gasteiger partial charge in [-0.3, -0.25) is 4.79 Å². The number of Topliss-reactive ketones (excluding diaryl/α,β-unsaturated/α-hetero) is 1. The van der Waals surface area contributed by atoms with Gasteiger partial charge in [0.05, 0.1) is 0 Å². The van der Waals surface area contributed by atoms with Gasteiger partial charge in [-0.15, -0.1) is 0 Å². The minimum Gasteiger partial charge on any atom is -0.300 e. The molecule has 15 heavy (non-hydrogen) atoms. The predicted octanol–water partition coefficient (Wildman–Crippen LogP) is 4.06. The van der Waals surface area contributed by atoms with Crippen LogP contribution in [0.3, 0.4) is 0 Å². The molecule has 0 bridgehead atoms. The van der Waals surface area contributed by atoms with Gasteiger partial charge in [-0.1, -0.05) is 40.0 Å². The van der Waals surface area contributed by atoms with Crippen molar-refractivity contribution in [3.05, 3.63) is 0 Å². The van der Waals surface area contributed by atoms with E-state index in [0.29, 0.717) is 23.5 Å². The minimum absolute atomic E-state index is 0.322. The van der Waals surface area contributed by atoms with E-state index in [1.807, 2.05) is 0 Å². The van der Waals surface area contributed by atoms with E-state index in [9.17, 15) is 4.79 Å². The molecule has 1 fully saturated rings. The maximum Gasteiger partial charge on any atom is 0.133 e. The number of ketones is 1. The molecule has 0 aromatic carbocycles. The van der Waals surface area contributed by atoms with Gasteiger partial charge in [0.15, 0.2) is 0 Å². The smallest absolute Gasteiger partial charge is 0.133 e. The molecule has 1 heteroatoms. The van der Waals surface area contributed by atoms with Crippen molar-refractivity contribution in [2.45, 2.75) is 59.8 Å². The first-order chi connectivity index (χ1) is 7.06. The van der Waals surface area contributed by atoms with Crippen molar-refractivity contribution in [1.82, 2.24) is 0 Å². The highest BCUT2D eigenvalue weighted by Crippen LogP contribution is 2.37. The van der Waals surface area contributed by atoms with Gasteiger partial charge in [0.25, 0.3) is 0 Å². The molecule has 1 aliphatic rings. The van der Waals surface area contributed by atoms with Gasteiger partial charge < -0.3 is 0 Å². The largest absolute Gasteiger partial charge is 0.300 e. The van der Waals surface area contributed by atoms with E-state index in [1.165, 1.54) is 32.1 Å². The lowest BCUT2D eigenvalue weighted by Gasteiger charge is -2.34. The van der Waals surface area contributed by atoms with Crippen LogP contribution in [0.4, 0.5) is 0 Å². The quantitative estimate of drug-likeness (QED) is 0.683. The highest BCUT2D eigenvalue weighted by Gasteiger charge is 2.31. The van der Waals surface area contributed by atoms with Crippen LogP contribution in [0.1, 0.15) is 59.8 Å². The molecule has 0 spiro atoms. The maximum absolute atomic E-state index is 11.6. The fourth-order valence-corrected chi connectivity index (χ4v) is 3.30. The molecular formula is C14H26O. The van der Waals surface area contributed by atoms with Gasteiger partial charge in [-0.25, -0.2) is 0 Å². The zero-order valence-electron chi connectivity index (χ0n) is 10.8. The molecule has 0 aromatic heterocycles. The third kappa shape index (κ3) is 3.32. The van der Waals surface area contributed by atoms with Crippen molar-refractivity contribution in [1.29, 1.82) is 0 Å². The van der Waals surface area contributed by atoms with E-state index in [4.69, 9.17) is 0 Å². The van der Waals surface area contributed by atoms with Crippen molar-refractivity contribution < 1.29 is 4.79 Å². The van der Waals surface area contributed by atoms with E-state index in [1.54, 1.807) is 6.92 Å². The fraction of sp³-hybridized carbons (Fsp3) is 0.929.